The molecule has 3 rings (SSSR count). The summed E-state index contributed by atoms with van der Waals surface area (Å²) in [5.74, 6) is 0.219. The molecule has 1 fully saturated rings. The lowest BCUT2D eigenvalue weighted by atomic mass is 9.80. The van der Waals surface area contributed by atoms with Crippen molar-refractivity contribution < 1.29 is 4.79 Å². The minimum absolute atomic E-state index is 0. The Labute approximate surface area is 90.7 Å². The summed E-state index contributed by atoms with van der Waals surface area (Å²) >= 11 is 0. The van der Waals surface area contributed by atoms with Crippen LogP contribution in [0.25, 0.3) is 0 Å². The molecule has 1 heterocycles. The van der Waals surface area contributed by atoms with Crippen LogP contribution in [0.3, 0.4) is 0 Å². The predicted octanol–water partition coefficient (Wildman–Crippen LogP) is 3.09. The van der Waals surface area contributed by atoms with E-state index in [-0.39, 0.29) is 18.7 Å². The third-order valence-corrected chi connectivity index (χ3v) is 3.58. The summed E-state index contributed by atoms with van der Waals surface area (Å²) < 4.78 is 0. The molecule has 1 N–H and O–H groups in total. The number of hydrogen-bond donors (Lipinski definition) is 1. The summed E-state index contributed by atoms with van der Waals surface area (Å²) in [6, 6.07) is 8.10. The van der Waals surface area contributed by atoms with Crippen LogP contribution in [0.2, 0.25) is 0 Å². The fourth-order valence-electron chi connectivity index (χ4n) is 2.85. The molecule has 1 spiro atoms. The minimum Gasteiger partial charge on any atom is -0.325 e. The summed E-state index contributed by atoms with van der Waals surface area (Å²) in [6.45, 7) is 0. The van der Waals surface area contributed by atoms with Gasteiger partial charge < -0.3 is 5.32 Å². The summed E-state index contributed by atoms with van der Waals surface area (Å²) in [7, 11) is 0. The number of hydrogen-bond acceptors (Lipinski definition) is 1. The number of nitrogens with one attached hydrogen (secondary N) is 1. The topological polar surface area (TPSA) is 29.1 Å². The van der Waals surface area contributed by atoms with E-state index in [1.54, 1.807) is 0 Å². The van der Waals surface area contributed by atoms with E-state index in [9.17, 15) is 4.79 Å². The maximum atomic E-state index is 11.9. The van der Waals surface area contributed by atoms with Crippen molar-refractivity contribution >= 4 is 11.6 Å². The molecule has 15 heavy (non-hydrogen) atoms. The van der Waals surface area contributed by atoms with Gasteiger partial charge in [0.05, 0.1) is 5.41 Å². The van der Waals surface area contributed by atoms with Gasteiger partial charge in [0, 0.05) is 5.69 Å². The largest absolute Gasteiger partial charge is 0.325 e. The second-order valence-corrected chi connectivity index (χ2v) is 4.29. The van der Waals surface area contributed by atoms with Gasteiger partial charge in [-0.1, -0.05) is 38.5 Å². The van der Waals surface area contributed by atoms with Crippen molar-refractivity contribution in [3.63, 3.8) is 0 Å². The number of amides is 1. The molecule has 1 aromatic rings. The Bertz CT molecular complexity index is 391. The van der Waals surface area contributed by atoms with Gasteiger partial charge in [0.25, 0.3) is 0 Å². The van der Waals surface area contributed by atoms with Gasteiger partial charge in [-0.15, -0.1) is 0 Å². The van der Waals surface area contributed by atoms with Crippen molar-refractivity contribution in [1.82, 2.24) is 0 Å². The third-order valence-electron chi connectivity index (χ3n) is 3.58. The summed E-state index contributed by atoms with van der Waals surface area (Å²) in [4.78, 5) is 11.9. The van der Waals surface area contributed by atoms with E-state index >= 15 is 0 Å². The van der Waals surface area contributed by atoms with Gasteiger partial charge in [0.1, 0.15) is 0 Å². The molecule has 1 aliphatic heterocycles. The fraction of sp³-hybridized carbons (Fsp3) is 0.462. The zero-order valence-electron chi connectivity index (χ0n) is 8.05. The Morgan fingerprint density at radius 1 is 1.13 bits per heavy atom. The van der Waals surface area contributed by atoms with Crippen molar-refractivity contribution in [3.8, 4) is 0 Å². The van der Waals surface area contributed by atoms with Gasteiger partial charge >= 0.3 is 0 Å². The standard InChI is InChI=1S/C12H13NO.CH4/c14-11-12(7-3-4-8-12)9-5-1-2-6-10(9)13-11;/h1-2,5-6H,3-4,7-8H2,(H,13,14);1H4. The SMILES string of the molecule is C.O=C1Nc2ccccc2C12CCCC2. The first kappa shape index (κ1) is 10.2. The van der Waals surface area contributed by atoms with Gasteiger partial charge in [-0.05, 0) is 24.5 Å². The maximum Gasteiger partial charge on any atom is 0.235 e. The van der Waals surface area contributed by atoms with Gasteiger partial charge in [-0.3, -0.25) is 4.79 Å². The van der Waals surface area contributed by atoms with Crippen LogP contribution in [0, 0.1) is 0 Å². The molecule has 0 bridgehead atoms. The molecule has 0 saturated heterocycles. The number of fused-ring (bicyclic) bond motifs is 2. The number of anilines is 1. The van der Waals surface area contributed by atoms with Gasteiger partial charge in [0.15, 0.2) is 0 Å². The molecule has 1 saturated carbocycles. The van der Waals surface area contributed by atoms with Crippen LogP contribution in [0.5, 0.6) is 0 Å². The minimum atomic E-state index is -0.170. The van der Waals surface area contributed by atoms with E-state index in [2.05, 4.69) is 11.4 Å². The first-order valence-electron chi connectivity index (χ1n) is 5.24. The van der Waals surface area contributed by atoms with Crippen molar-refractivity contribution in [2.75, 3.05) is 5.32 Å². The molecular formula is C13H17NO. The highest BCUT2D eigenvalue weighted by atomic mass is 16.2. The number of benzene rings is 1. The van der Waals surface area contributed by atoms with Gasteiger partial charge in [-0.25, -0.2) is 0 Å². The van der Waals surface area contributed by atoms with Crippen LogP contribution in [0.15, 0.2) is 24.3 Å². The highest BCUT2D eigenvalue weighted by Gasteiger charge is 2.47. The molecule has 0 radical (unpaired) electrons. The summed E-state index contributed by atoms with van der Waals surface area (Å²) in [5, 5.41) is 2.99. The van der Waals surface area contributed by atoms with E-state index in [4.69, 9.17) is 0 Å². The van der Waals surface area contributed by atoms with E-state index in [0.29, 0.717) is 0 Å². The Hall–Kier alpha value is -1.31. The van der Waals surface area contributed by atoms with E-state index < -0.39 is 0 Å². The molecule has 1 aliphatic carbocycles. The monoisotopic (exact) mass is 203 g/mol. The quantitative estimate of drug-likeness (QED) is 0.689. The van der Waals surface area contributed by atoms with Crippen LogP contribution in [0.1, 0.15) is 38.7 Å². The first-order valence-corrected chi connectivity index (χ1v) is 5.24. The Balaban J connectivity index is 0.000000853. The molecule has 1 amide bonds. The van der Waals surface area contributed by atoms with Gasteiger partial charge in [0.2, 0.25) is 5.91 Å². The lowest BCUT2D eigenvalue weighted by Gasteiger charge is -2.20. The smallest absolute Gasteiger partial charge is 0.235 e. The van der Waals surface area contributed by atoms with Crippen LogP contribution >= 0.6 is 0 Å². The number of carbonyl (C=O) groups is 1. The highest BCUT2D eigenvalue weighted by molar-refractivity contribution is 6.06. The van der Waals surface area contributed by atoms with Crippen LogP contribution in [-0.4, -0.2) is 5.91 Å². The lowest BCUT2D eigenvalue weighted by Crippen LogP contribution is -2.30. The molecule has 0 atom stereocenters. The summed E-state index contributed by atoms with van der Waals surface area (Å²) in [5.41, 5.74) is 2.08. The maximum absolute atomic E-state index is 11.9. The Morgan fingerprint density at radius 2 is 1.80 bits per heavy atom. The Morgan fingerprint density at radius 3 is 2.53 bits per heavy atom. The summed E-state index contributed by atoms with van der Waals surface area (Å²) in [6.07, 6.45) is 4.41. The molecule has 0 aromatic heterocycles. The number of carbonyl (C=O) groups excluding carboxylic acids is 1. The zero-order valence-corrected chi connectivity index (χ0v) is 8.05. The van der Waals surface area contributed by atoms with E-state index in [1.165, 1.54) is 18.4 Å². The van der Waals surface area contributed by atoms with Crippen molar-refractivity contribution in [3.05, 3.63) is 29.8 Å². The third kappa shape index (κ3) is 1.21. The Kier molecular flexibility index (Phi) is 2.29. The van der Waals surface area contributed by atoms with Crippen molar-refractivity contribution in [2.45, 2.75) is 38.5 Å². The predicted molar refractivity (Wildman–Crippen MR) is 61.9 cm³/mol. The first-order chi connectivity index (χ1) is 6.83. The lowest BCUT2D eigenvalue weighted by molar-refractivity contribution is -0.120. The van der Waals surface area contributed by atoms with Crippen molar-refractivity contribution in [2.24, 2.45) is 0 Å². The molecule has 0 unspecified atom stereocenters. The van der Waals surface area contributed by atoms with Gasteiger partial charge in [-0.2, -0.15) is 0 Å². The second-order valence-electron chi connectivity index (χ2n) is 4.29. The number of rotatable bonds is 0. The molecule has 2 aliphatic rings. The number of para-hydroxylation sites is 1. The van der Waals surface area contributed by atoms with E-state index in [0.717, 1.165) is 18.5 Å². The zero-order chi connectivity index (χ0) is 9.60. The average Bonchev–Trinajstić information content (AvgIpc) is 2.77. The van der Waals surface area contributed by atoms with Crippen LogP contribution in [0.4, 0.5) is 5.69 Å². The van der Waals surface area contributed by atoms with Crippen LogP contribution < -0.4 is 5.32 Å². The van der Waals surface area contributed by atoms with E-state index in [1.807, 2.05) is 18.2 Å². The fourth-order valence-corrected chi connectivity index (χ4v) is 2.85. The molecule has 2 heteroatoms. The normalized spacial score (nSPS) is 20.9. The molecule has 1 aromatic carbocycles. The molecule has 2 nitrogen and oxygen atoms in total. The van der Waals surface area contributed by atoms with Crippen LogP contribution in [-0.2, 0) is 10.2 Å². The highest BCUT2D eigenvalue weighted by Crippen LogP contribution is 2.48. The molecular weight excluding hydrogens is 186 g/mol. The second kappa shape index (κ2) is 3.37. The average molecular weight is 203 g/mol. The van der Waals surface area contributed by atoms with Crippen molar-refractivity contribution in [1.29, 1.82) is 0 Å². The molecule has 80 valence electrons.